The second-order valence-corrected chi connectivity index (χ2v) is 4.00. The largest absolute Gasteiger partial charge is 0.490 e. The maximum Gasteiger partial charge on any atom is 0.199 e. The summed E-state index contributed by atoms with van der Waals surface area (Å²) in [7, 11) is 1.57. The van der Waals surface area contributed by atoms with Crippen LogP contribution in [0.1, 0.15) is 6.92 Å². The fourth-order valence-corrected chi connectivity index (χ4v) is 1.97. The number of rotatable bonds is 2. The third-order valence-corrected chi connectivity index (χ3v) is 2.85. The van der Waals surface area contributed by atoms with Crippen LogP contribution >= 0.6 is 11.6 Å². The maximum atomic E-state index is 5.96. The van der Waals surface area contributed by atoms with Gasteiger partial charge in [-0.1, -0.05) is 11.6 Å². The lowest BCUT2D eigenvalue weighted by molar-refractivity contribution is 0.0982. The third-order valence-electron chi connectivity index (χ3n) is 2.59. The van der Waals surface area contributed by atoms with E-state index in [4.69, 9.17) is 21.1 Å². The minimum atomic E-state index is 0.258. The molecule has 1 aliphatic heterocycles. The zero-order valence-corrected chi connectivity index (χ0v) is 10.1. The van der Waals surface area contributed by atoms with Crippen molar-refractivity contribution in [1.82, 2.24) is 9.97 Å². The van der Waals surface area contributed by atoms with Gasteiger partial charge in [0.1, 0.15) is 6.33 Å². The molecule has 1 aliphatic rings. The molecule has 1 atom stereocenters. The van der Waals surface area contributed by atoms with Crippen molar-refractivity contribution >= 4 is 17.4 Å². The number of anilines is 1. The Balaban J connectivity index is 2.34. The standard InChI is InChI=1S/C10H14ClN3O2/c1-7-5-16-4-3-14(7)10-8(15-2)9(11)12-6-13-10/h6-7H,3-5H2,1-2H3. The summed E-state index contributed by atoms with van der Waals surface area (Å²) in [6.07, 6.45) is 1.45. The van der Waals surface area contributed by atoms with Crippen LogP contribution in [0.4, 0.5) is 5.82 Å². The molecule has 0 N–H and O–H groups in total. The fraction of sp³-hybridized carbons (Fsp3) is 0.600. The van der Waals surface area contributed by atoms with Gasteiger partial charge >= 0.3 is 0 Å². The minimum absolute atomic E-state index is 0.258. The van der Waals surface area contributed by atoms with Gasteiger partial charge in [-0.15, -0.1) is 0 Å². The van der Waals surface area contributed by atoms with E-state index in [0.29, 0.717) is 24.1 Å². The van der Waals surface area contributed by atoms with Gasteiger partial charge < -0.3 is 14.4 Å². The van der Waals surface area contributed by atoms with Crippen LogP contribution in [0.3, 0.4) is 0 Å². The number of halogens is 1. The summed E-state index contributed by atoms with van der Waals surface area (Å²) >= 11 is 5.96. The van der Waals surface area contributed by atoms with Crippen molar-refractivity contribution in [2.75, 3.05) is 31.8 Å². The Morgan fingerprint density at radius 2 is 2.38 bits per heavy atom. The Labute approximate surface area is 99.3 Å². The molecular weight excluding hydrogens is 230 g/mol. The molecule has 2 rings (SSSR count). The second kappa shape index (κ2) is 4.84. The molecule has 1 fully saturated rings. The first-order valence-corrected chi connectivity index (χ1v) is 5.50. The molecule has 1 unspecified atom stereocenters. The summed E-state index contributed by atoms with van der Waals surface area (Å²) in [6, 6.07) is 0.258. The summed E-state index contributed by atoms with van der Waals surface area (Å²) in [5.41, 5.74) is 0. The number of morpholine rings is 1. The van der Waals surface area contributed by atoms with Crippen molar-refractivity contribution in [1.29, 1.82) is 0 Å². The zero-order chi connectivity index (χ0) is 11.5. The number of hydrogen-bond acceptors (Lipinski definition) is 5. The molecule has 0 spiro atoms. The van der Waals surface area contributed by atoms with Crippen molar-refractivity contribution in [3.8, 4) is 5.75 Å². The van der Waals surface area contributed by atoms with E-state index in [9.17, 15) is 0 Å². The molecule has 1 aromatic rings. The molecule has 88 valence electrons. The van der Waals surface area contributed by atoms with Crippen molar-refractivity contribution in [2.24, 2.45) is 0 Å². The SMILES string of the molecule is COc1c(Cl)ncnc1N1CCOCC1C. The van der Waals surface area contributed by atoms with Crippen LogP contribution in [0.2, 0.25) is 5.15 Å². The molecule has 1 aromatic heterocycles. The molecule has 0 amide bonds. The molecule has 0 aromatic carbocycles. The van der Waals surface area contributed by atoms with Crippen LogP contribution in [0.25, 0.3) is 0 Å². The van der Waals surface area contributed by atoms with Crippen LogP contribution < -0.4 is 9.64 Å². The maximum absolute atomic E-state index is 5.96. The highest BCUT2D eigenvalue weighted by molar-refractivity contribution is 6.31. The van der Waals surface area contributed by atoms with Crippen molar-refractivity contribution in [3.05, 3.63) is 11.5 Å². The number of hydrogen-bond donors (Lipinski definition) is 0. The Kier molecular flexibility index (Phi) is 3.46. The molecule has 0 aliphatic carbocycles. The van der Waals surface area contributed by atoms with E-state index in [1.807, 2.05) is 0 Å². The van der Waals surface area contributed by atoms with Gasteiger partial charge in [-0.3, -0.25) is 0 Å². The van der Waals surface area contributed by atoms with E-state index in [0.717, 1.165) is 12.4 Å². The molecule has 5 nitrogen and oxygen atoms in total. The van der Waals surface area contributed by atoms with Crippen LogP contribution in [0.15, 0.2) is 6.33 Å². The summed E-state index contributed by atoms with van der Waals surface area (Å²) in [5.74, 6) is 1.26. The summed E-state index contributed by atoms with van der Waals surface area (Å²) in [4.78, 5) is 10.3. The van der Waals surface area contributed by atoms with Gasteiger partial charge in [0.05, 0.1) is 26.4 Å². The van der Waals surface area contributed by atoms with Crippen LogP contribution in [-0.2, 0) is 4.74 Å². The van der Waals surface area contributed by atoms with Gasteiger partial charge in [0.25, 0.3) is 0 Å². The van der Waals surface area contributed by atoms with Gasteiger partial charge in [-0.05, 0) is 6.92 Å². The van der Waals surface area contributed by atoms with Gasteiger partial charge in [0.2, 0.25) is 0 Å². The monoisotopic (exact) mass is 243 g/mol. The molecule has 0 bridgehead atoms. The van der Waals surface area contributed by atoms with Crippen LogP contribution in [-0.4, -0.2) is 42.9 Å². The second-order valence-electron chi connectivity index (χ2n) is 3.64. The van der Waals surface area contributed by atoms with Crippen LogP contribution in [0.5, 0.6) is 5.75 Å². The summed E-state index contributed by atoms with van der Waals surface area (Å²) < 4.78 is 10.6. The summed E-state index contributed by atoms with van der Waals surface area (Å²) in [5, 5.41) is 0.339. The Bertz CT molecular complexity index is 375. The highest BCUT2D eigenvalue weighted by atomic mass is 35.5. The van der Waals surface area contributed by atoms with E-state index in [1.165, 1.54) is 6.33 Å². The first kappa shape index (κ1) is 11.4. The first-order valence-electron chi connectivity index (χ1n) is 5.13. The average Bonchev–Trinajstić information content (AvgIpc) is 2.29. The third kappa shape index (κ3) is 2.05. The quantitative estimate of drug-likeness (QED) is 0.734. The van der Waals surface area contributed by atoms with Gasteiger partial charge in [0.15, 0.2) is 16.7 Å². The normalized spacial score (nSPS) is 20.9. The number of methoxy groups -OCH3 is 1. The Hall–Kier alpha value is -1.07. The lowest BCUT2D eigenvalue weighted by atomic mass is 10.2. The zero-order valence-electron chi connectivity index (χ0n) is 9.31. The number of ether oxygens (including phenoxy) is 2. The fourth-order valence-electron chi connectivity index (χ4n) is 1.77. The lowest BCUT2D eigenvalue weighted by Crippen LogP contribution is -2.44. The number of nitrogens with zero attached hydrogens (tertiary/aromatic N) is 3. The average molecular weight is 244 g/mol. The lowest BCUT2D eigenvalue weighted by Gasteiger charge is -2.34. The van der Waals surface area contributed by atoms with Gasteiger partial charge in [-0.25, -0.2) is 9.97 Å². The highest BCUT2D eigenvalue weighted by Crippen LogP contribution is 2.32. The van der Waals surface area contributed by atoms with Crippen molar-refractivity contribution < 1.29 is 9.47 Å². The molecule has 16 heavy (non-hydrogen) atoms. The Morgan fingerprint density at radius 3 is 3.06 bits per heavy atom. The smallest absolute Gasteiger partial charge is 0.199 e. The van der Waals surface area contributed by atoms with Crippen LogP contribution in [0, 0.1) is 0 Å². The molecule has 6 heteroatoms. The predicted molar refractivity (Wildman–Crippen MR) is 61.2 cm³/mol. The molecule has 1 saturated heterocycles. The molecule has 0 radical (unpaired) electrons. The van der Waals surface area contributed by atoms with E-state index in [2.05, 4.69) is 21.8 Å². The molecule has 0 saturated carbocycles. The minimum Gasteiger partial charge on any atom is -0.490 e. The van der Waals surface area contributed by atoms with Crippen molar-refractivity contribution in [2.45, 2.75) is 13.0 Å². The topological polar surface area (TPSA) is 47.5 Å². The number of aromatic nitrogens is 2. The van der Waals surface area contributed by atoms with Gasteiger partial charge in [0, 0.05) is 6.54 Å². The van der Waals surface area contributed by atoms with E-state index in [1.54, 1.807) is 7.11 Å². The van der Waals surface area contributed by atoms with E-state index >= 15 is 0 Å². The van der Waals surface area contributed by atoms with E-state index < -0.39 is 0 Å². The van der Waals surface area contributed by atoms with Crippen molar-refractivity contribution in [3.63, 3.8) is 0 Å². The summed E-state index contributed by atoms with van der Waals surface area (Å²) in [6.45, 7) is 4.24. The molecule has 2 heterocycles. The Morgan fingerprint density at radius 1 is 1.56 bits per heavy atom. The highest BCUT2D eigenvalue weighted by Gasteiger charge is 2.24. The predicted octanol–water partition coefficient (Wildman–Crippen LogP) is 1.36. The van der Waals surface area contributed by atoms with Gasteiger partial charge in [-0.2, -0.15) is 0 Å². The first-order chi connectivity index (χ1) is 7.74. The molecular formula is C10H14ClN3O2. The van der Waals surface area contributed by atoms with E-state index in [-0.39, 0.29) is 6.04 Å².